The van der Waals surface area contributed by atoms with Gasteiger partial charge in [-0.2, -0.15) is 0 Å². The van der Waals surface area contributed by atoms with Crippen LogP contribution in [-0.4, -0.2) is 31.1 Å². The van der Waals surface area contributed by atoms with Gasteiger partial charge in [-0.1, -0.05) is 6.07 Å². The van der Waals surface area contributed by atoms with Gasteiger partial charge in [0.05, 0.1) is 0 Å². The molecule has 1 fully saturated rings. The minimum atomic E-state index is 0.200. The van der Waals surface area contributed by atoms with Gasteiger partial charge in [-0.25, -0.2) is 0 Å². The first kappa shape index (κ1) is 12.9. The predicted octanol–water partition coefficient (Wildman–Crippen LogP) is 2.50. The van der Waals surface area contributed by atoms with E-state index in [-0.39, 0.29) is 6.04 Å². The number of hydrogen-bond acceptors (Lipinski definition) is 3. The molecule has 1 aliphatic heterocycles. The maximum absolute atomic E-state index is 6.18. The topological polar surface area (TPSA) is 38.5 Å². The van der Waals surface area contributed by atoms with Gasteiger partial charge in [0.15, 0.2) is 0 Å². The number of aryl methyl sites for hydroxylation is 1. The van der Waals surface area contributed by atoms with Crippen LogP contribution in [0.5, 0.6) is 5.75 Å². The lowest BCUT2D eigenvalue weighted by Gasteiger charge is -2.23. The van der Waals surface area contributed by atoms with Gasteiger partial charge >= 0.3 is 0 Å². The summed E-state index contributed by atoms with van der Waals surface area (Å²) in [7, 11) is 0. The Morgan fingerprint density at radius 3 is 2.89 bits per heavy atom. The quantitative estimate of drug-likeness (QED) is 0.904. The van der Waals surface area contributed by atoms with Crippen molar-refractivity contribution in [1.29, 1.82) is 0 Å². The van der Waals surface area contributed by atoms with Gasteiger partial charge in [-0.15, -0.1) is 0 Å². The molecule has 1 heterocycles. The Morgan fingerprint density at radius 2 is 2.05 bits per heavy atom. The van der Waals surface area contributed by atoms with Crippen LogP contribution in [0.3, 0.4) is 0 Å². The summed E-state index contributed by atoms with van der Waals surface area (Å²) < 4.78 is 5.89. The van der Waals surface area contributed by atoms with Crippen molar-refractivity contribution in [2.45, 2.75) is 38.1 Å². The third-order valence-electron chi connectivity index (χ3n) is 4.35. The van der Waals surface area contributed by atoms with E-state index in [2.05, 4.69) is 23.1 Å². The third-order valence-corrected chi connectivity index (χ3v) is 4.35. The fraction of sp³-hybridized carbons (Fsp3) is 0.625. The van der Waals surface area contributed by atoms with Crippen LogP contribution < -0.4 is 10.5 Å². The summed E-state index contributed by atoms with van der Waals surface area (Å²) in [5, 5.41) is 0. The molecular formula is C16H24N2O. The Labute approximate surface area is 115 Å². The van der Waals surface area contributed by atoms with Gasteiger partial charge in [0.2, 0.25) is 0 Å². The highest BCUT2D eigenvalue weighted by molar-refractivity contribution is 5.39. The van der Waals surface area contributed by atoms with Crippen LogP contribution >= 0.6 is 0 Å². The highest BCUT2D eigenvalue weighted by atomic mass is 16.5. The first-order valence-corrected chi connectivity index (χ1v) is 7.56. The predicted molar refractivity (Wildman–Crippen MR) is 77.5 cm³/mol. The smallest absolute Gasteiger partial charge is 0.119 e. The second kappa shape index (κ2) is 5.93. The molecule has 3 nitrogen and oxygen atoms in total. The molecule has 1 unspecified atom stereocenters. The van der Waals surface area contributed by atoms with Crippen LogP contribution in [0.4, 0.5) is 0 Å². The number of benzene rings is 1. The van der Waals surface area contributed by atoms with Gasteiger partial charge in [0.1, 0.15) is 12.4 Å². The molecule has 104 valence electrons. The van der Waals surface area contributed by atoms with Gasteiger partial charge in [0, 0.05) is 12.6 Å². The van der Waals surface area contributed by atoms with E-state index < -0.39 is 0 Å². The molecule has 1 aliphatic carbocycles. The van der Waals surface area contributed by atoms with E-state index >= 15 is 0 Å². The maximum Gasteiger partial charge on any atom is 0.119 e. The molecule has 1 aromatic rings. The summed E-state index contributed by atoms with van der Waals surface area (Å²) in [5.74, 6) is 0.982. The summed E-state index contributed by atoms with van der Waals surface area (Å²) in [6, 6.07) is 6.65. The van der Waals surface area contributed by atoms with E-state index in [1.807, 2.05) is 0 Å². The van der Waals surface area contributed by atoms with E-state index in [1.165, 1.54) is 43.5 Å². The molecule has 3 heteroatoms. The molecule has 0 amide bonds. The van der Waals surface area contributed by atoms with E-state index in [9.17, 15) is 0 Å². The molecule has 0 spiro atoms. The summed E-state index contributed by atoms with van der Waals surface area (Å²) in [6.07, 6.45) is 6.16. The normalized spacial score (nSPS) is 23.3. The summed E-state index contributed by atoms with van der Waals surface area (Å²) in [5.41, 5.74) is 8.88. The minimum absolute atomic E-state index is 0.200. The van der Waals surface area contributed by atoms with Crippen LogP contribution in [0.25, 0.3) is 0 Å². The standard InChI is InChI=1S/C16H24N2O/c17-16-5-3-4-13-6-7-14(12-15(13)16)19-11-10-18-8-1-2-9-18/h6-7,12,16H,1-5,8-11,17H2. The zero-order valence-electron chi connectivity index (χ0n) is 11.6. The number of ether oxygens (including phenoxy) is 1. The maximum atomic E-state index is 6.18. The molecule has 19 heavy (non-hydrogen) atoms. The molecule has 0 radical (unpaired) electrons. The number of nitrogens with two attached hydrogens (primary N) is 1. The molecule has 0 bridgehead atoms. The zero-order chi connectivity index (χ0) is 13.1. The summed E-state index contributed by atoms with van der Waals surface area (Å²) in [6.45, 7) is 4.30. The van der Waals surface area contributed by atoms with Crippen LogP contribution in [0.15, 0.2) is 18.2 Å². The van der Waals surface area contributed by atoms with Gasteiger partial charge in [0.25, 0.3) is 0 Å². The SMILES string of the molecule is NC1CCCc2ccc(OCCN3CCCC3)cc21. The Bertz CT molecular complexity index is 427. The molecule has 2 aliphatic rings. The Hall–Kier alpha value is -1.06. The van der Waals surface area contributed by atoms with Crippen molar-refractivity contribution >= 4 is 0 Å². The average Bonchev–Trinajstić information content (AvgIpc) is 2.93. The van der Waals surface area contributed by atoms with Crippen LogP contribution in [0.2, 0.25) is 0 Å². The molecule has 3 rings (SSSR count). The number of nitrogens with zero attached hydrogens (tertiary/aromatic N) is 1. The molecule has 1 aromatic carbocycles. The van der Waals surface area contributed by atoms with Gasteiger partial charge in [-0.3, -0.25) is 4.90 Å². The van der Waals surface area contributed by atoms with Crippen LogP contribution in [0, 0.1) is 0 Å². The van der Waals surface area contributed by atoms with Crippen molar-refractivity contribution in [2.75, 3.05) is 26.2 Å². The fourth-order valence-electron chi connectivity index (χ4n) is 3.20. The van der Waals surface area contributed by atoms with Crippen LogP contribution in [-0.2, 0) is 6.42 Å². The molecule has 1 saturated heterocycles. The fourth-order valence-corrected chi connectivity index (χ4v) is 3.20. The molecule has 0 saturated carbocycles. The number of hydrogen-bond donors (Lipinski definition) is 1. The molecule has 1 atom stereocenters. The second-order valence-electron chi connectivity index (χ2n) is 5.76. The van der Waals surface area contributed by atoms with Crippen molar-refractivity contribution in [3.05, 3.63) is 29.3 Å². The van der Waals surface area contributed by atoms with E-state index in [0.29, 0.717) is 0 Å². The van der Waals surface area contributed by atoms with Crippen molar-refractivity contribution in [1.82, 2.24) is 4.90 Å². The van der Waals surface area contributed by atoms with E-state index in [1.54, 1.807) is 0 Å². The largest absolute Gasteiger partial charge is 0.492 e. The first-order chi connectivity index (χ1) is 9.33. The Kier molecular flexibility index (Phi) is 4.04. The van der Waals surface area contributed by atoms with E-state index in [4.69, 9.17) is 10.5 Å². The first-order valence-electron chi connectivity index (χ1n) is 7.56. The van der Waals surface area contributed by atoms with Crippen molar-refractivity contribution in [3.8, 4) is 5.75 Å². The monoisotopic (exact) mass is 260 g/mol. The van der Waals surface area contributed by atoms with Gasteiger partial charge in [-0.05, 0) is 68.5 Å². The van der Waals surface area contributed by atoms with Crippen molar-refractivity contribution in [3.63, 3.8) is 0 Å². The Balaban J connectivity index is 1.57. The third kappa shape index (κ3) is 3.10. The molecule has 0 aromatic heterocycles. The minimum Gasteiger partial charge on any atom is -0.492 e. The zero-order valence-corrected chi connectivity index (χ0v) is 11.6. The number of rotatable bonds is 4. The van der Waals surface area contributed by atoms with E-state index in [0.717, 1.165) is 31.7 Å². The van der Waals surface area contributed by atoms with Crippen molar-refractivity contribution < 1.29 is 4.74 Å². The summed E-state index contributed by atoms with van der Waals surface area (Å²) in [4.78, 5) is 2.48. The Morgan fingerprint density at radius 1 is 1.21 bits per heavy atom. The van der Waals surface area contributed by atoms with Crippen LogP contribution in [0.1, 0.15) is 42.9 Å². The highest BCUT2D eigenvalue weighted by Gasteiger charge is 2.17. The number of likely N-dealkylation sites (tertiary alicyclic amines) is 1. The second-order valence-corrected chi connectivity index (χ2v) is 5.76. The summed E-state index contributed by atoms with van der Waals surface area (Å²) >= 11 is 0. The molecular weight excluding hydrogens is 236 g/mol. The number of fused-ring (bicyclic) bond motifs is 1. The lowest BCUT2D eigenvalue weighted by atomic mass is 9.88. The van der Waals surface area contributed by atoms with Gasteiger partial charge < -0.3 is 10.5 Å². The highest BCUT2D eigenvalue weighted by Crippen LogP contribution is 2.30. The lowest BCUT2D eigenvalue weighted by molar-refractivity contribution is 0.237. The molecule has 2 N–H and O–H groups in total. The van der Waals surface area contributed by atoms with Crippen molar-refractivity contribution in [2.24, 2.45) is 5.73 Å². The average molecular weight is 260 g/mol. The lowest BCUT2D eigenvalue weighted by Crippen LogP contribution is -2.25.